The number of thiophene rings is 1. The summed E-state index contributed by atoms with van der Waals surface area (Å²) in [5, 5.41) is 8.47. The number of nitrogens with one attached hydrogen (secondary N) is 2. The number of benzene rings is 1. The van der Waals surface area contributed by atoms with Crippen molar-refractivity contribution in [2.45, 2.75) is 19.9 Å². The highest BCUT2D eigenvalue weighted by Crippen LogP contribution is 2.14. The molecule has 0 fully saturated rings. The summed E-state index contributed by atoms with van der Waals surface area (Å²) in [6.45, 7) is 3.62. The molecule has 7 nitrogen and oxygen atoms in total. The number of hydrogen-bond donors (Lipinski definition) is 2. The van der Waals surface area contributed by atoms with Crippen molar-refractivity contribution in [3.8, 4) is 0 Å². The Morgan fingerprint density at radius 2 is 1.76 bits per heavy atom. The van der Waals surface area contributed by atoms with Gasteiger partial charge in [-0.05, 0) is 31.4 Å². The van der Waals surface area contributed by atoms with Crippen LogP contribution < -0.4 is 16.4 Å². The molecule has 0 saturated carbocycles. The van der Waals surface area contributed by atoms with Crippen LogP contribution in [0.25, 0.3) is 10.8 Å². The fourth-order valence-electron chi connectivity index (χ4n) is 2.36. The van der Waals surface area contributed by atoms with Crippen LogP contribution in [0.1, 0.15) is 40.7 Å². The Morgan fingerprint density at radius 3 is 2.40 bits per heavy atom. The summed E-state index contributed by atoms with van der Waals surface area (Å²) in [5.41, 5.74) is 4.98. The number of nitrogens with zero attached hydrogens (tertiary/aromatic N) is 2. The van der Waals surface area contributed by atoms with Crippen LogP contribution in [-0.2, 0) is 0 Å². The van der Waals surface area contributed by atoms with E-state index in [1.807, 2.05) is 13.8 Å². The van der Waals surface area contributed by atoms with Crippen LogP contribution in [0.3, 0.4) is 0 Å². The molecule has 25 heavy (non-hydrogen) atoms. The zero-order valence-corrected chi connectivity index (χ0v) is 14.5. The fraction of sp³-hybridized carbons (Fsp3) is 0.176. The van der Waals surface area contributed by atoms with Gasteiger partial charge >= 0.3 is 0 Å². The second-order valence-electron chi connectivity index (χ2n) is 5.66. The Kier molecular flexibility index (Phi) is 4.62. The minimum absolute atomic E-state index is 0.0783. The van der Waals surface area contributed by atoms with Gasteiger partial charge in [-0.1, -0.05) is 18.2 Å². The average Bonchev–Trinajstić information content (AvgIpc) is 3.14. The third kappa shape index (κ3) is 3.29. The third-order valence-corrected chi connectivity index (χ3v) is 4.29. The van der Waals surface area contributed by atoms with Crippen molar-refractivity contribution in [1.29, 1.82) is 0 Å². The number of amides is 2. The fourth-order valence-corrected chi connectivity index (χ4v) is 3.00. The average molecular weight is 356 g/mol. The molecule has 3 rings (SSSR count). The van der Waals surface area contributed by atoms with E-state index >= 15 is 0 Å². The molecular weight excluding hydrogens is 340 g/mol. The molecule has 2 aromatic heterocycles. The van der Waals surface area contributed by atoms with Crippen LogP contribution in [0.2, 0.25) is 0 Å². The molecule has 2 amide bonds. The van der Waals surface area contributed by atoms with Crippen LogP contribution in [0.5, 0.6) is 0 Å². The molecule has 0 atom stereocenters. The van der Waals surface area contributed by atoms with Gasteiger partial charge < -0.3 is 0 Å². The van der Waals surface area contributed by atoms with Gasteiger partial charge in [0.2, 0.25) is 0 Å². The van der Waals surface area contributed by atoms with Crippen molar-refractivity contribution in [3.05, 3.63) is 62.7 Å². The van der Waals surface area contributed by atoms with Crippen LogP contribution in [0.15, 0.2) is 45.9 Å². The number of aromatic nitrogens is 2. The molecule has 2 heterocycles. The number of hydrazine groups is 1. The maximum absolute atomic E-state index is 12.5. The molecule has 1 aromatic carbocycles. The van der Waals surface area contributed by atoms with Gasteiger partial charge in [0, 0.05) is 10.8 Å². The number of hydrogen-bond acceptors (Lipinski definition) is 5. The quantitative estimate of drug-likeness (QED) is 0.703. The number of fused-ring (bicyclic) bond motifs is 1. The summed E-state index contributed by atoms with van der Waals surface area (Å²) in [6, 6.07) is 8.21. The minimum atomic E-state index is -0.589. The summed E-state index contributed by atoms with van der Waals surface area (Å²) in [7, 11) is 0. The van der Waals surface area contributed by atoms with Crippen LogP contribution in [-0.4, -0.2) is 21.6 Å². The maximum Gasteiger partial charge on any atom is 0.290 e. The Hall–Kier alpha value is -3.00. The van der Waals surface area contributed by atoms with Crippen molar-refractivity contribution >= 4 is 33.9 Å². The monoisotopic (exact) mass is 356 g/mol. The van der Waals surface area contributed by atoms with Crippen LogP contribution >= 0.6 is 11.3 Å². The summed E-state index contributed by atoms with van der Waals surface area (Å²) in [5.74, 6) is -1.01. The Bertz CT molecular complexity index is 993. The van der Waals surface area contributed by atoms with Gasteiger partial charge in [0.25, 0.3) is 17.4 Å². The molecule has 0 aliphatic heterocycles. The summed E-state index contributed by atoms with van der Waals surface area (Å²) < 4.78 is 1.26. The molecule has 0 spiro atoms. The smallest absolute Gasteiger partial charge is 0.267 e. The highest BCUT2D eigenvalue weighted by molar-refractivity contribution is 7.08. The summed E-state index contributed by atoms with van der Waals surface area (Å²) >= 11 is 1.38. The number of carbonyl (C=O) groups excluding carboxylic acids is 2. The zero-order valence-electron chi connectivity index (χ0n) is 13.6. The molecular formula is C17H16N4O3S. The summed E-state index contributed by atoms with van der Waals surface area (Å²) in [6.07, 6.45) is 0. The lowest BCUT2D eigenvalue weighted by atomic mass is 10.1. The van der Waals surface area contributed by atoms with Gasteiger partial charge in [0.05, 0.1) is 17.0 Å². The molecule has 0 bridgehead atoms. The second-order valence-corrected chi connectivity index (χ2v) is 6.44. The van der Waals surface area contributed by atoms with Crippen molar-refractivity contribution < 1.29 is 9.59 Å². The van der Waals surface area contributed by atoms with Crippen LogP contribution in [0, 0.1) is 0 Å². The van der Waals surface area contributed by atoms with Gasteiger partial charge in [-0.2, -0.15) is 16.4 Å². The molecule has 0 unspecified atom stereocenters. The van der Waals surface area contributed by atoms with E-state index in [0.717, 1.165) is 0 Å². The lowest BCUT2D eigenvalue weighted by Crippen LogP contribution is -2.42. The lowest BCUT2D eigenvalue weighted by Gasteiger charge is -2.13. The topological polar surface area (TPSA) is 93.1 Å². The van der Waals surface area contributed by atoms with Crippen molar-refractivity contribution in [2.75, 3.05) is 0 Å². The van der Waals surface area contributed by atoms with E-state index in [1.165, 1.54) is 16.0 Å². The predicted molar refractivity (Wildman–Crippen MR) is 95.6 cm³/mol. The first-order valence-corrected chi connectivity index (χ1v) is 8.57. The normalized spacial score (nSPS) is 10.8. The minimum Gasteiger partial charge on any atom is -0.267 e. The van der Waals surface area contributed by atoms with E-state index in [2.05, 4.69) is 16.0 Å². The van der Waals surface area contributed by atoms with Gasteiger partial charge in [-0.25, -0.2) is 4.68 Å². The third-order valence-electron chi connectivity index (χ3n) is 3.61. The molecule has 0 saturated heterocycles. The highest BCUT2D eigenvalue weighted by Gasteiger charge is 2.18. The van der Waals surface area contributed by atoms with Gasteiger partial charge in [0.15, 0.2) is 5.69 Å². The van der Waals surface area contributed by atoms with Crippen molar-refractivity contribution in [1.82, 2.24) is 20.6 Å². The summed E-state index contributed by atoms with van der Waals surface area (Å²) in [4.78, 5) is 36.9. The molecule has 0 aliphatic carbocycles. The molecule has 0 aliphatic rings. The Balaban J connectivity index is 1.94. The first kappa shape index (κ1) is 16.8. The Labute approximate surface area is 147 Å². The molecule has 0 radical (unpaired) electrons. The van der Waals surface area contributed by atoms with E-state index in [1.54, 1.807) is 41.1 Å². The second kappa shape index (κ2) is 6.86. The van der Waals surface area contributed by atoms with Gasteiger partial charge in [-0.3, -0.25) is 25.2 Å². The first-order chi connectivity index (χ1) is 12.0. The molecule has 8 heteroatoms. The van der Waals surface area contributed by atoms with E-state index < -0.39 is 11.8 Å². The molecule has 128 valence electrons. The molecule has 2 N–H and O–H groups in total. The van der Waals surface area contributed by atoms with Crippen molar-refractivity contribution in [3.63, 3.8) is 0 Å². The predicted octanol–water partition coefficient (Wildman–Crippen LogP) is 2.11. The van der Waals surface area contributed by atoms with E-state index in [4.69, 9.17) is 0 Å². The van der Waals surface area contributed by atoms with E-state index in [0.29, 0.717) is 16.3 Å². The maximum atomic E-state index is 12.5. The zero-order chi connectivity index (χ0) is 18.0. The van der Waals surface area contributed by atoms with E-state index in [-0.39, 0.29) is 17.3 Å². The number of rotatable bonds is 3. The standard InChI is InChI=1S/C17H16N4O3S/c1-10(2)21-17(24)13-6-4-3-5-12(13)14(20-21)16(23)19-18-15(22)11-7-8-25-9-11/h3-10H,1-2H3,(H,18,22)(H,19,23). The van der Waals surface area contributed by atoms with Crippen molar-refractivity contribution in [2.24, 2.45) is 0 Å². The first-order valence-electron chi connectivity index (χ1n) is 7.63. The SMILES string of the molecule is CC(C)n1nc(C(=O)NNC(=O)c2ccsc2)c2ccccc2c1=O. The van der Waals surface area contributed by atoms with Crippen LogP contribution in [0.4, 0.5) is 0 Å². The molecule has 3 aromatic rings. The number of carbonyl (C=O) groups is 2. The highest BCUT2D eigenvalue weighted by atomic mass is 32.1. The van der Waals surface area contributed by atoms with E-state index in [9.17, 15) is 14.4 Å². The Morgan fingerprint density at radius 1 is 1.08 bits per heavy atom. The lowest BCUT2D eigenvalue weighted by molar-refractivity contribution is 0.0843. The van der Waals surface area contributed by atoms with Gasteiger partial charge in [0.1, 0.15) is 0 Å². The largest absolute Gasteiger partial charge is 0.290 e. The van der Waals surface area contributed by atoms with Gasteiger partial charge in [-0.15, -0.1) is 0 Å².